The third-order valence-electron chi connectivity index (χ3n) is 3.29. The van der Waals surface area contributed by atoms with Gasteiger partial charge in [-0.2, -0.15) is 0 Å². The zero-order valence-electron chi connectivity index (χ0n) is 10.8. The lowest BCUT2D eigenvalue weighted by Crippen LogP contribution is -2.33. The predicted octanol–water partition coefficient (Wildman–Crippen LogP) is 3.01. The Hall–Kier alpha value is -1.32. The van der Waals surface area contributed by atoms with E-state index in [2.05, 4.69) is 5.32 Å². The van der Waals surface area contributed by atoms with E-state index in [0.29, 0.717) is 5.02 Å². The standard InChI is InChI=1S/C14H17ClN2O/c1-4-12(16-2)14(18)11-8-17(3)13-6-5-9(15)7-10(11)13/h5-8,12,16H,4H2,1-3H3. The van der Waals surface area contributed by atoms with E-state index in [0.717, 1.165) is 22.9 Å². The predicted molar refractivity (Wildman–Crippen MR) is 75.4 cm³/mol. The van der Waals surface area contributed by atoms with Crippen LogP contribution in [0.4, 0.5) is 0 Å². The molecule has 0 radical (unpaired) electrons. The van der Waals surface area contributed by atoms with Crippen molar-refractivity contribution in [1.82, 2.24) is 9.88 Å². The van der Waals surface area contributed by atoms with Crippen molar-refractivity contribution >= 4 is 28.3 Å². The summed E-state index contributed by atoms with van der Waals surface area (Å²) < 4.78 is 1.96. The van der Waals surface area contributed by atoms with Gasteiger partial charge < -0.3 is 9.88 Å². The number of aromatic nitrogens is 1. The molecule has 1 heterocycles. The lowest BCUT2D eigenvalue weighted by Gasteiger charge is -2.11. The minimum atomic E-state index is -0.144. The summed E-state index contributed by atoms with van der Waals surface area (Å²) in [7, 11) is 3.75. The van der Waals surface area contributed by atoms with Gasteiger partial charge in [0.25, 0.3) is 0 Å². The molecule has 18 heavy (non-hydrogen) atoms. The van der Waals surface area contributed by atoms with Crippen LogP contribution < -0.4 is 5.32 Å². The Balaban J connectivity index is 2.57. The molecule has 1 atom stereocenters. The summed E-state index contributed by atoms with van der Waals surface area (Å²) in [4.78, 5) is 12.4. The van der Waals surface area contributed by atoms with Crippen LogP contribution in [0.3, 0.4) is 0 Å². The van der Waals surface area contributed by atoms with Gasteiger partial charge in [0, 0.05) is 34.7 Å². The van der Waals surface area contributed by atoms with E-state index in [4.69, 9.17) is 11.6 Å². The summed E-state index contributed by atoms with van der Waals surface area (Å²) in [5.41, 5.74) is 1.75. The fourth-order valence-corrected chi connectivity index (χ4v) is 2.44. The van der Waals surface area contributed by atoms with E-state index in [1.165, 1.54) is 0 Å². The first-order chi connectivity index (χ1) is 8.58. The molecule has 2 rings (SSSR count). The molecule has 0 saturated heterocycles. The average molecular weight is 265 g/mol. The van der Waals surface area contributed by atoms with Gasteiger partial charge in [0.15, 0.2) is 5.78 Å². The highest BCUT2D eigenvalue weighted by Gasteiger charge is 2.20. The van der Waals surface area contributed by atoms with Gasteiger partial charge >= 0.3 is 0 Å². The number of hydrogen-bond donors (Lipinski definition) is 1. The Morgan fingerprint density at radius 1 is 1.50 bits per heavy atom. The quantitative estimate of drug-likeness (QED) is 0.862. The number of hydrogen-bond acceptors (Lipinski definition) is 2. The highest BCUT2D eigenvalue weighted by molar-refractivity contribution is 6.31. The highest BCUT2D eigenvalue weighted by atomic mass is 35.5. The second-order valence-electron chi connectivity index (χ2n) is 4.43. The molecule has 0 amide bonds. The zero-order valence-corrected chi connectivity index (χ0v) is 11.6. The number of aryl methyl sites for hydroxylation is 1. The lowest BCUT2D eigenvalue weighted by molar-refractivity contribution is 0.0946. The van der Waals surface area contributed by atoms with Crippen LogP contribution in [-0.4, -0.2) is 23.4 Å². The molecule has 0 spiro atoms. The number of likely N-dealkylation sites (N-methyl/N-ethyl adjacent to an activating group) is 1. The van der Waals surface area contributed by atoms with Crippen molar-refractivity contribution in [2.24, 2.45) is 7.05 Å². The van der Waals surface area contributed by atoms with Crippen LogP contribution in [0, 0.1) is 0 Å². The molecule has 1 N–H and O–H groups in total. The van der Waals surface area contributed by atoms with E-state index in [9.17, 15) is 4.79 Å². The molecular weight excluding hydrogens is 248 g/mol. The van der Waals surface area contributed by atoms with Crippen LogP contribution in [0.1, 0.15) is 23.7 Å². The van der Waals surface area contributed by atoms with Gasteiger partial charge in [-0.05, 0) is 31.7 Å². The number of halogens is 1. The van der Waals surface area contributed by atoms with Crippen molar-refractivity contribution in [3.8, 4) is 0 Å². The largest absolute Gasteiger partial charge is 0.350 e. The maximum Gasteiger partial charge on any atom is 0.181 e. The number of nitrogens with zero attached hydrogens (tertiary/aromatic N) is 1. The SMILES string of the molecule is CCC(NC)C(=O)c1cn(C)c2ccc(Cl)cc12. The minimum Gasteiger partial charge on any atom is -0.350 e. The summed E-state index contributed by atoms with van der Waals surface area (Å²) in [6.45, 7) is 2.00. The summed E-state index contributed by atoms with van der Waals surface area (Å²) in [6, 6.07) is 5.49. The molecule has 0 aliphatic rings. The van der Waals surface area contributed by atoms with E-state index < -0.39 is 0 Å². The Bertz CT molecular complexity index is 585. The van der Waals surface area contributed by atoms with Crippen LogP contribution in [0.25, 0.3) is 10.9 Å². The Morgan fingerprint density at radius 3 is 2.83 bits per heavy atom. The molecule has 0 aliphatic carbocycles. The first-order valence-electron chi connectivity index (χ1n) is 6.04. The second-order valence-corrected chi connectivity index (χ2v) is 4.87. The molecule has 1 aromatic heterocycles. The van der Waals surface area contributed by atoms with Gasteiger partial charge in [-0.15, -0.1) is 0 Å². The third-order valence-corrected chi connectivity index (χ3v) is 3.53. The van der Waals surface area contributed by atoms with Crippen molar-refractivity contribution < 1.29 is 4.79 Å². The number of ketones is 1. The van der Waals surface area contributed by atoms with E-state index in [-0.39, 0.29) is 11.8 Å². The molecule has 96 valence electrons. The monoisotopic (exact) mass is 264 g/mol. The highest BCUT2D eigenvalue weighted by Crippen LogP contribution is 2.25. The fourth-order valence-electron chi connectivity index (χ4n) is 2.27. The smallest absolute Gasteiger partial charge is 0.181 e. The Labute approximate surface area is 112 Å². The van der Waals surface area contributed by atoms with Gasteiger partial charge in [0.05, 0.1) is 6.04 Å². The van der Waals surface area contributed by atoms with Crippen molar-refractivity contribution in [3.05, 3.63) is 35.0 Å². The average Bonchev–Trinajstić information content (AvgIpc) is 2.67. The van der Waals surface area contributed by atoms with Crippen LogP contribution in [-0.2, 0) is 7.05 Å². The maximum atomic E-state index is 12.4. The maximum absolute atomic E-state index is 12.4. The molecule has 3 nitrogen and oxygen atoms in total. The first-order valence-corrected chi connectivity index (χ1v) is 6.42. The molecule has 0 aliphatic heterocycles. The molecule has 0 fully saturated rings. The number of Topliss-reactive ketones (excluding diaryl/α,β-unsaturated/α-hetero) is 1. The number of benzene rings is 1. The van der Waals surface area contributed by atoms with Crippen molar-refractivity contribution in [1.29, 1.82) is 0 Å². The third kappa shape index (κ3) is 2.16. The summed E-state index contributed by atoms with van der Waals surface area (Å²) in [6.07, 6.45) is 2.65. The van der Waals surface area contributed by atoms with Crippen LogP contribution in [0.2, 0.25) is 5.02 Å². The number of nitrogens with one attached hydrogen (secondary N) is 1. The van der Waals surface area contributed by atoms with E-state index >= 15 is 0 Å². The zero-order chi connectivity index (χ0) is 13.3. The van der Waals surface area contributed by atoms with Gasteiger partial charge in [0.1, 0.15) is 0 Å². The molecule has 4 heteroatoms. The molecule has 0 bridgehead atoms. The van der Waals surface area contributed by atoms with Crippen molar-refractivity contribution in [2.75, 3.05) is 7.05 Å². The van der Waals surface area contributed by atoms with Crippen LogP contribution in [0.5, 0.6) is 0 Å². The van der Waals surface area contributed by atoms with Gasteiger partial charge in [0.2, 0.25) is 0 Å². The van der Waals surface area contributed by atoms with E-state index in [1.807, 2.05) is 50.0 Å². The minimum absolute atomic E-state index is 0.118. The molecule has 0 saturated carbocycles. The summed E-state index contributed by atoms with van der Waals surface area (Å²) in [5, 5.41) is 4.62. The van der Waals surface area contributed by atoms with E-state index in [1.54, 1.807) is 0 Å². The molecule has 1 aromatic carbocycles. The normalized spacial score (nSPS) is 12.9. The second kappa shape index (κ2) is 5.12. The van der Waals surface area contributed by atoms with Crippen LogP contribution in [0.15, 0.2) is 24.4 Å². The molecule has 1 unspecified atom stereocenters. The topological polar surface area (TPSA) is 34.0 Å². The Morgan fingerprint density at radius 2 is 2.22 bits per heavy atom. The summed E-state index contributed by atoms with van der Waals surface area (Å²) >= 11 is 6.02. The van der Waals surface area contributed by atoms with Crippen molar-refractivity contribution in [2.45, 2.75) is 19.4 Å². The molecular formula is C14H17ClN2O. The van der Waals surface area contributed by atoms with Gasteiger partial charge in [-0.1, -0.05) is 18.5 Å². The van der Waals surface area contributed by atoms with Gasteiger partial charge in [-0.3, -0.25) is 4.79 Å². The number of rotatable bonds is 4. The molecule has 2 aromatic rings. The Kier molecular flexibility index (Phi) is 3.73. The summed E-state index contributed by atoms with van der Waals surface area (Å²) in [5.74, 6) is 0.118. The van der Waals surface area contributed by atoms with Crippen molar-refractivity contribution in [3.63, 3.8) is 0 Å². The first kappa shape index (κ1) is 13.1. The number of fused-ring (bicyclic) bond motifs is 1. The van der Waals surface area contributed by atoms with Crippen LogP contribution >= 0.6 is 11.6 Å². The number of carbonyl (C=O) groups excluding carboxylic acids is 1. The number of carbonyl (C=O) groups is 1. The fraction of sp³-hybridized carbons (Fsp3) is 0.357. The van der Waals surface area contributed by atoms with Gasteiger partial charge in [-0.25, -0.2) is 0 Å². The lowest BCUT2D eigenvalue weighted by atomic mass is 10.0.